The number of anilines is 1. The molecule has 1 unspecified atom stereocenters. The van der Waals surface area contributed by atoms with Crippen molar-refractivity contribution in [2.75, 3.05) is 12.4 Å². The quantitative estimate of drug-likeness (QED) is 0.775. The number of nitrogens with one attached hydrogen (secondary N) is 2. The fourth-order valence-corrected chi connectivity index (χ4v) is 2.73. The first-order valence-electron chi connectivity index (χ1n) is 9.60. The molecule has 0 spiro atoms. The second kappa shape index (κ2) is 9.45. The molecule has 8 nitrogen and oxygen atoms in total. The molecular formula is C21H31N5O3. The summed E-state index contributed by atoms with van der Waals surface area (Å²) in [5.74, 6) is 0.907. The van der Waals surface area contributed by atoms with E-state index in [9.17, 15) is 9.59 Å². The van der Waals surface area contributed by atoms with Gasteiger partial charge in [0, 0.05) is 51.2 Å². The Morgan fingerprint density at radius 1 is 1.31 bits per heavy atom. The van der Waals surface area contributed by atoms with E-state index in [1.807, 2.05) is 63.7 Å². The van der Waals surface area contributed by atoms with Crippen LogP contribution in [0.25, 0.3) is 0 Å². The Kier molecular flexibility index (Phi) is 7.25. The van der Waals surface area contributed by atoms with E-state index in [0.29, 0.717) is 18.7 Å². The third-order valence-corrected chi connectivity index (χ3v) is 4.10. The molecule has 2 rings (SSSR count). The normalized spacial score (nSPS) is 12.2. The van der Waals surface area contributed by atoms with Gasteiger partial charge < -0.3 is 24.8 Å². The SMILES string of the molecule is CC(Cc1nccn1C)NC(=O)Nc1cccc(CN(C)C(=O)OC(C)(C)C)c1. The van der Waals surface area contributed by atoms with Gasteiger partial charge in [-0.1, -0.05) is 12.1 Å². The molecule has 29 heavy (non-hydrogen) atoms. The van der Waals surface area contributed by atoms with Crippen molar-refractivity contribution in [3.8, 4) is 0 Å². The standard InChI is InChI=1S/C21H31N5O3/c1-15(12-18-22-10-11-25(18)5)23-19(27)24-17-9-7-8-16(13-17)14-26(6)20(28)29-21(2,3)4/h7-11,13,15H,12,14H2,1-6H3,(H2,23,24,27). The number of carbonyl (C=O) groups excluding carboxylic acids is 2. The molecule has 1 aromatic heterocycles. The molecule has 2 N–H and O–H groups in total. The van der Waals surface area contributed by atoms with Crippen LogP contribution in [-0.2, 0) is 24.8 Å². The summed E-state index contributed by atoms with van der Waals surface area (Å²) >= 11 is 0. The van der Waals surface area contributed by atoms with Gasteiger partial charge in [0.25, 0.3) is 0 Å². The number of imidazole rings is 1. The Morgan fingerprint density at radius 2 is 2.03 bits per heavy atom. The number of hydrogen-bond donors (Lipinski definition) is 2. The van der Waals surface area contributed by atoms with Gasteiger partial charge in [0.1, 0.15) is 11.4 Å². The smallest absolute Gasteiger partial charge is 0.410 e. The van der Waals surface area contributed by atoms with Crippen molar-refractivity contribution in [1.82, 2.24) is 19.8 Å². The van der Waals surface area contributed by atoms with E-state index in [1.165, 1.54) is 4.90 Å². The minimum absolute atomic E-state index is 0.0717. The fraction of sp³-hybridized carbons (Fsp3) is 0.476. The topological polar surface area (TPSA) is 88.5 Å². The van der Waals surface area contributed by atoms with Crippen LogP contribution in [-0.4, -0.2) is 45.3 Å². The molecule has 0 aliphatic carbocycles. The van der Waals surface area contributed by atoms with Crippen molar-refractivity contribution in [2.24, 2.45) is 7.05 Å². The van der Waals surface area contributed by atoms with Gasteiger partial charge in [-0.05, 0) is 45.4 Å². The number of aryl methyl sites for hydroxylation is 1. The first-order chi connectivity index (χ1) is 13.5. The number of urea groups is 1. The summed E-state index contributed by atoms with van der Waals surface area (Å²) in [7, 11) is 3.61. The van der Waals surface area contributed by atoms with Gasteiger partial charge in [0.15, 0.2) is 0 Å². The van der Waals surface area contributed by atoms with E-state index in [4.69, 9.17) is 4.74 Å². The number of ether oxygens (including phenoxy) is 1. The zero-order valence-corrected chi connectivity index (χ0v) is 18.0. The zero-order valence-electron chi connectivity index (χ0n) is 18.0. The van der Waals surface area contributed by atoms with Crippen molar-refractivity contribution in [3.05, 3.63) is 48.0 Å². The van der Waals surface area contributed by atoms with Crippen LogP contribution >= 0.6 is 0 Å². The van der Waals surface area contributed by atoms with E-state index in [-0.39, 0.29) is 12.1 Å². The summed E-state index contributed by atoms with van der Waals surface area (Å²) in [6, 6.07) is 7.02. The minimum atomic E-state index is -0.543. The Bertz CT molecular complexity index is 841. The third kappa shape index (κ3) is 7.48. The number of aromatic nitrogens is 2. The second-order valence-electron chi connectivity index (χ2n) is 8.19. The molecule has 0 fully saturated rings. The maximum atomic E-state index is 12.3. The highest BCUT2D eigenvalue weighted by molar-refractivity contribution is 5.89. The maximum absolute atomic E-state index is 12.3. The lowest BCUT2D eigenvalue weighted by atomic mass is 10.2. The number of amides is 3. The lowest BCUT2D eigenvalue weighted by molar-refractivity contribution is 0.0285. The largest absolute Gasteiger partial charge is 0.444 e. The number of rotatable bonds is 6. The minimum Gasteiger partial charge on any atom is -0.444 e. The Hall–Kier alpha value is -3.03. The predicted octanol–water partition coefficient (Wildman–Crippen LogP) is 3.54. The van der Waals surface area contributed by atoms with Crippen LogP contribution in [0.3, 0.4) is 0 Å². The van der Waals surface area contributed by atoms with E-state index in [0.717, 1.165) is 11.4 Å². The monoisotopic (exact) mass is 401 g/mol. The van der Waals surface area contributed by atoms with Gasteiger partial charge in [-0.15, -0.1) is 0 Å². The van der Waals surface area contributed by atoms with Gasteiger partial charge in [0.05, 0.1) is 0 Å². The van der Waals surface area contributed by atoms with Crippen LogP contribution in [0.1, 0.15) is 39.1 Å². The van der Waals surface area contributed by atoms with Gasteiger partial charge in [-0.25, -0.2) is 14.6 Å². The lowest BCUT2D eigenvalue weighted by Crippen LogP contribution is -2.37. The van der Waals surface area contributed by atoms with Crippen LogP contribution in [0.2, 0.25) is 0 Å². The average Bonchev–Trinajstić information content (AvgIpc) is 2.98. The molecule has 0 saturated carbocycles. The average molecular weight is 402 g/mol. The van der Waals surface area contributed by atoms with Gasteiger partial charge in [-0.3, -0.25) is 0 Å². The lowest BCUT2D eigenvalue weighted by Gasteiger charge is -2.24. The molecule has 0 bridgehead atoms. The van der Waals surface area contributed by atoms with Crippen LogP contribution in [0, 0.1) is 0 Å². The molecule has 0 aliphatic rings. The highest BCUT2D eigenvalue weighted by Gasteiger charge is 2.19. The van der Waals surface area contributed by atoms with Crippen molar-refractivity contribution < 1.29 is 14.3 Å². The number of carbonyl (C=O) groups is 2. The molecule has 1 atom stereocenters. The highest BCUT2D eigenvalue weighted by Crippen LogP contribution is 2.15. The van der Waals surface area contributed by atoms with Gasteiger partial charge in [0.2, 0.25) is 0 Å². The summed E-state index contributed by atoms with van der Waals surface area (Å²) < 4.78 is 7.29. The molecule has 8 heteroatoms. The van der Waals surface area contributed by atoms with Gasteiger partial charge in [-0.2, -0.15) is 0 Å². The third-order valence-electron chi connectivity index (χ3n) is 4.10. The van der Waals surface area contributed by atoms with E-state index in [2.05, 4.69) is 15.6 Å². The summed E-state index contributed by atoms with van der Waals surface area (Å²) in [6.07, 6.45) is 3.86. The predicted molar refractivity (Wildman–Crippen MR) is 113 cm³/mol. The molecule has 0 saturated heterocycles. The molecule has 1 aromatic carbocycles. The van der Waals surface area contributed by atoms with E-state index in [1.54, 1.807) is 19.3 Å². The van der Waals surface area contributed by atoms with Crippen LogP contribution < -0.4 is 10.6 Å². The second-order valence-corrected chi connectivity index (χ2v) is 8.19. The molecule has 0 aliphatic heterocycles. The number of nitrogens with zero attached hydrogens (tertiary/aromatic N) is 3. The molecule has 158 valence electrons. The van der Waals surface area contributed by atoms with Crippen LogP contribution in [0.15, 0.2) is 36.7 Å². The van der Waals surface area contributed by atoms with Crippen molar-refractivity contribution in [3.63, 3.8) is 0 Å². The summed E-state index contributed by atoms with van der Waals surface area (Å²) in [5.41, 5.74) is 0.998. The van der Waals surface area contributed by atoms with Crippen molar-refractivity contribution in [2.45, 2.75) is 52.3 Å². The Morgan fingerprint density at radius 3 is 2.66 bits per heavy atom. The summed E-state index contributed by atoms with van der Waals surface area (Å²) in [5, 5.41) is 5.75. The molecular weight excluding hydrogens is 370 g/mol. The highest BCUT2D eigenvalue weighted by atomic mass is 16.6. The molecule has 0 radical (unpaired) electrons. The van der Waals surface area contributed by atoms with E-state index >= 15 is 0 Å². The van der Waals surface area contributed by atoms with Gasteiger partial charge >= 0.3 is 12.1 Å². The zero-order chi connectivity index (χ0) is 21.6. The molecule has 1 heterocycles. The number of hydrogen-bond acceptors (Lipinski definition) is 4. The van der Waals surface area contributed by atoms with Crippen molar-refractivity contribution >= 4 is 17.8 Å². The molecule has 2 aromatic rings. The van der Waals surface area contributed by atoms with Crippen LogP contribution in [0.4, 0.5) is 15.3 Å². The number of benzene rings is 1. The fourth-order valence-electron chi connectivity index (χ4n) is 2.73. The van der Waals surface area contributed by atoms with Crippen LogP contribution in [0.5, 0.6) is 0 Å². The van der Waals surface area contributed by atoms with E-state index < -0.39 is 11.7 Å². The summed E-state index contributed by atoms with van der Waals surface area (Å²) in [4.78, 5) is 30.2. The summed E-state index contributed by atoms with van der Waals surface area (Å²) in [6.45, 7) is 7.80. The molecule has 3 amide bonds. The maximum Gasteiger partial charge on any atom is 0.410 e. The Balaban J connectivity index is 1.89. The Labute approximate surface area is 172 Å². The van der Waals surface area contributed by atoms with Crippen molar-refractivity contribution in [1.29, 1.82) is 0 Å². The first kappa shape index (κ1) is 22.3. The first-order valence-corrected chi connectivity index (χ1v) is 9.60.